The minimum Gasteiger partial charge on any atom is -0.508 e. The number of ether oxygens (including phenoxy) is 1. The van der Waals surface area contributed by atoms with E-state index in [-0.39, 0.29) is 23.7 Å². The van der Waals surface area contributed by atoms with Crippen LogP contribution in [0, 0.1) is 0 Å². The van der Waals surface area contributed by atoms with Crippen LogP contribution in [0.4, 0.5) is 0 Å². The second kappa shape index (κ2) is 8.76. The number of carbonyl (C=O) groups is 1. The summed E-state index contributed by atoms with van der Waals surface area (Å²) >= 11 is 0. The molecule has 5 nitrogen and oxygen atoms in total. The summed E-state index contributed by atoms with van der Waals surface area (Å²) in [6.07, 6.45) is 5.95. The Kier molecular flexibility index (Phi) is 6.32. The molecule has 0 bridgehead atoms. The minimum atomic E-state index is -0.859. The number of hydrogen-bond donors (Lipinski definition) is 3. The third kappa shape index (κ3) is 4.74. The van der Waals surface area contributed by atoms with E-state index in [1.165, 1.54) is 17.7 Å². The molecule has 1 heterocycles. The van der Waals surface area contributed by atoms with Gasteiger partial charge in [-0.05, 0) is 69.5 Å². The van der Waals surface area contributed by atoms with Crippen molar-refractivity contribution in [1.29, 1.82) is 0 Å². The highest BCUT2D eigenvalue weighted by Crippen LogP contribution is 2.42. The Labute approximate surface area is 177 Å². The molecule has 2 unspecified atom stereocenters. The first-order chi connectivity index (χ1) is 14.2. The van der Waals surface area contributed by atoms with Crippen LogP contribution in [0.25, 0.3) is 6.08 Å². The lowest BCUT2D eigenvalue weighted by Crippen LogP contribution is -2.49. The van der Waals surface area contributed by atoms with E-state index in [4.69, 9.17) is 4.74 Å². The Morgan fingerprint density at radius 3 is 2.53 bits per heavy atom. The number of ketones is 1. The van der Waals surface area contributed by atoms with Gasteiger partial charge in [0.15, 0.2) is 5.78 Å². The Balaban J connectivity index is 1.89. The summed E-state index contributed by atoms with van der Waals surface area (Å²) < 4.78 is 6.19. The average Bonchev–Trinajstić information content (AvgIpc) is 2.69. The van der Waals surface area contributed by atoms with E-state index in [2.05, 4.69) is 6.08 Å². The molecule has 2 aromatic carbocycles. The first-order valence-electron chi connectivity index (χ1n) is 10.1. The quantitative estimate of drug-likeness (QED) is 0.363. The third-order valence-corrected chi connectivity index (χ3v) is 5.45. The zero-order chi connectivity index (χ0) is 21.9. The van der Waals surface area contributed by atoms with E-state index in [1.807, 2.05) is 20.8 Å². The third-order valence-electron chi connectivity index (χ3n) is 5.45. The van der Waals surface area contributed by atoms with Crippen molar-refractivity contribution in [2.45, 2.75) is 51.7 Å². The number of aliphatic hydroxyl groups excluding tert-OH is 1. The molecule has 0 fully saturated rings. The number of benzene rings is 2. The van der Waals surface area contributed by atoms with Gasteiger partial charge in [0, 0.05) is 12.0 Å². The summed E-state index contributed by atoms with van der Waals surface area (Å²) in [5, 5.41) is 30.3. The number of aromatic hydroxyl groups is 2. The molecule has 0 aliphatic carbocycles. The van der Waals surface area contributed by atoms with Crippen molar-refractivity contribution in [3.05, 3.63) is 70.8 Å². The molecule has 0 amide bonds. The molecule has 0 saturated carbocycles. The summed E-state index contributed by atoms with van der Waals surface area (Å²) in [6.45, 7) is 5.88. The molecule has 5 heteroatoms. The summed E-state index contributed by atoms with van der Waals surface area (Å²) in [5.41, 5.74) is 1.90. The maximum atomic E-state index is 12.9. The van der Waals surface area contributed by atoms with Crippen molar-refractivity contribution in [2.24, 2.45) is 0 Å². The van der Waals surface area contributed by atoms with Gasteiger partial charge in [0.1, 0.15) is 22.8 Å². The molecular formula is C25H28O5. The van der Waals surface area contributed by atoms with Crippen molar-refractivity contribution >= 4 is 11.9 Å². The molecule has 0 spiro atoms. The van der Waals surface area contributed by atoms with Crippen LogP contribution in [0.3, 0.4) is 0 Å². The van der Waals surface area contributed by atoms with E-state index < -0.39 is 11.7 Å². The van der Waals surface area contributed by atoms with E-state index >= 15 is 0 Å². The lowest BCUT2D eigenvalue weighted by Gasteiger charge is -2.40. The predicted octanol–water partition coefficient (Wildman–Crippen LogP) is 4.79. The molecular weight excluding hydrogens is 380 g/mol. The minimum absolute atomic E-state index is 0.00876. The van der Waals surface area contributed by atoms with Gasteiger partial charge in [0.05, 0.1) is 11.7 Å². The zero-order valence-electron chi connectivity index (χ0n) is 17.6. The van der Waals surface area contributed by atoms with Crippen LogP contribution in [-0.4, -0.2) is 32.8 Å². The largest absolute Gasteiger partial charge is 0.508 e. The monoisotopic (exact) mass is 408 g/mol. The van der Waals surface area contributed by atoms with Crippen LogP contribution < -0.4 is 4.74 Å². The first kappa shape index (κ1) is 21.7. The fourth-order valence-corrected chi connectivity index (χ4v) is 3.55. The van der Waals surface area contributed by atoms with Crippen molar-refractivity contribution in [3.8, 4) is 17.2 Å². The number of carbonyl (C=O) groups excluding carboxylic acids is 1. The SMILES string of the molecule is CC(C)=CCCC1(C)Oc2c(C(=O)/C=C\c3ccc(O)cc3)ccc(O)c2CC1O. The Bertz CT molecular complexity index is 983. The van der Waals surface area contributed by atoms with Gasteiger partial charge in [-0.25, -0.2) is 0 Å². The number of phenolic OH excluding ortho intramolecular Hbond substituents is 2. The van der Waals surface area contributed by atoms with Gasteiger partial charge >= 0.3 is 0 Å². The highest BCUT2D eigenvalue weighted by Gasteiger charge is 2.41. The van der Waals surface area contributed by atoms with Crippen LogP contribution >= 0.6 is 0 Å². The smallest absolute Gasteiger partial charge is 0.189 e. The second-order valence-corrected chi connectivity index (χ2v) is 8.18. The highest BCUT2D eigenvalue weighted by atomic mass is 16.5. The highest BCUT2D eigenvalue weighted by molar-refractivity contribution is 6.09. The van der Waals surface area contributed by atoms with Gasteiger partial charge in [0.25, 0.3) is 0 Å². The number of fused-ring (bicyclic) bond motifs is 1. The molecule has 3 rings (SSSR count). The van der Waals surface area contributed by atoms with Crippen molar-refractivity contribution < 1.29 is 24.9 Å². The van der Waals surface area contributed by atoms with Crippen molar-refractivity contribution in [1.82, 2.24) is 0 Å². The maximum absolute atomic E-state index is 12.9. The summed E-state index contributed by atoms with van der Waals surface area (Å²) in [6, 6.07) is 9.52. The van der Waals surface area contributed by atoms with Crippen LogP contribution in [0.15, 0.2) is 54.1 Å². The van der Waals surface area contributed by atoms with Gasteiger partial charge in [-0.15, -0.1) is 0 Å². The molecule has 158 valence electrons. The number of allylic oxidation sites excluding steroid dienone is 3. The Hall–Kier alpha value is -3.05. The molecule has 1 aliphatic rings. The molecule has 0 radical (unpaired) electrons. The maximum Gasteiger partial charge on any atom is 0.189 e. The van der Waals surface area contributed by atoms with Crippen LogP contribution in [0.2, 0.25) is 0 Å². The van der Waals surface area contributed by atoms with Crippen LogP contribution in [0.1, 0.15) is 55.1 Å². The molecule has 30 heavy (non-hydrogen) atoms. The summed E-state index contributed by atoms with van der Waals surface area (Å²) in [7, 11) is 0. The van der Waals surface area contributed by atoms with Crippen molar-refractivity contribution in [2.75, 3.05) is 0 Å². The normalized spacial score (nSPS) is 20.5. The fraction of sp³-hybridized carbons (Fsp3) is 0.320. The van der Waals surface area contributed by atoms with Gasteiger partial charge in [-0.1, -0.05) is 29.9 Å². The number of hydrogen-bond acceptors (Lipinski definition) is 5. The number of aliphatic hydroxyl groups is 1. The molecule has 0 saturated heterocycles. The number of rotatable bonds is 6. The van der Waals surface area contributed by atoms with Gasteiger partial charge in [-0.3, -0.25) is 4.79 Å². The van der Waals surface area contributed by atoms with Crippen LogP contribution in [-0.2, 0) is 6.42 Å². The van der Waals surface area contributed by atoms with Gasteiger partial charge < -0.3 is 20.1 Å². The second-order valence-electron chi connectivity index (χ2n) is 8.18. The molecule has 1 aliphatic heterocycles. The summed E-state index contributed by atoms with van der Waals surface area (Å²) in [4.78, 5) is 12.9. The van der Waals surface area contributed by atoms with Crippen LogP contribution in [0.5, 0.6) is 17.2 Å². The standard InChI is InChI=1S/C25H28O5/c1-16(2)5-4-14-25(3)23(29)15-20-22(28)13-11-19(24(20)30-25)21(27)12-8-17-6-9-18(26)10-7-17/h5-13,23,26,28-29H,4,14-15H2,1-3H3/b12-8-. The predicted molar refractivity (Wildman–Crippen MR) is 117 cm³/mol. The fourth-order valence-electron chi connectivity index (χ4n) is 3.55. The van der Waals surface area contributed by atoms with E-state index in [1.54, 1.807) is 36.4 Å². The first-order valence-corrected chi connectivity index (χ1v) is 10.1. The topological polar surface area (TPSA) is 87.0 Å². The number of phenols is 2. The summed E-state index contributed by atoms with van der Waals surface area (Å²) in [5.74, 6) is 0.239. The molecule has 2 atom stereocenters. The van der Waals surface area contributed by atoms with Gasteiger partial charge in [-0.2, -0.15) is 0 Å². The Morgan fingerprint density at radius 2 is 1.87 bits per heavy atom. The lowest BCUT2D eigenvalue weighted by molar-refractivity contribution is -0.0595. The van der Waals surface area contributed by atoms with Gasteiger partial charge in [0.2, 0.25) is 0 Å². The molecule has 2 aromatic rings. The lowest BCUT2D eigenvalue weighted by atomic mass is 9.84. The van der Waals surface area contributed by atoms with E-state index in [0.717, 1.165) is 12.0 Å². The van der Waals surface area contributed by atoms with E-state index in [9.17, 15) is 20.1 Å². The van der Waals surface area contributed by atoms with Crippen molar-refractivity contribution in [3.63, 3.8) is 0 Å². The average molecular weight is 408 g/mol. The van der Waals surface area contributed by atoms with E-state index in [0.29, 0.717) is 23.3 Å². The molecule has 3 N–H and O–H groups in total. The zero-order valence-corrected chi connectivity index (χ0v) is 17.6. The Morgan fingerprint density at radius 1 is 1.17 bits per heavy atom. The molecule has 0 aromatic heterocycles.